The number of rotatable bonds is 3. The molecule has 1 amide bonds. The molecule has 0 fully saturated rings. The van der Waals surface area contributed by atoms with Crippen molar-refractivity contribution in [2.45, 2.75) is 20.8 Å². The van der Waals surface area contributed by atoms with Crippen LogP contribution in [0, 0.1) is 20.8 Å². The van der Waals surface area contributed by atoms with Crippen molar-refractivity contribution in [2.75, 3.05) is 5.32 Å². The smallest absolute Gasteiger partial charge is 0.266 e. The SMILES string of the molecule is Cc1ccc(-c2ccsc2C(=O)Nc2ccc(C)cc2C)cc1. The van der Waals surface area contributed by atoms with Crippen molar-refractivity contribution in [3.05, 3.63) is 75.5 Å². The van der Waals surface area contributed by atoms with Crippen molar-refractivity contribution in [2.24, 2.45) is 0 Å². The molecule has 0 aliphatic carbocycles. The second kappa shape index (κ2) is 6.39. The van der Waals surface area contributed by atoms with Crippen LogP contribution in [0.15, 0.2) is 53.9 Å². The second-order valence-corrected chi connectivity index (χ2v) is 6.72. The summed E-state index contributed by atoms with van der Waals surface area (Å²) in [5.74, 6) is -0.0532. The summed E-state index contributed by atoms with van der Waals surface area (Å²) in [6, 6.07) is 16.3. The Morgan fingerprint density at radius 1 is 0.913 bits per heavy atom. The maximum absolute atomic E-state index is 12.7. The minimum absolute atomic E-state index is 0.0532. The number of nitrogens with one attached hydrogen (secondary N) is 1. The Morgan fingerprint density at radius 3 is 2.30 bits per heavy atom. The van der Waals surface area contributed by atoms with Crippen LogP contribution in [0.2, 0.25) is 0 Å². The first-order valence-electron chi connectivity index (χ1n) is 7.58. The predicted octanol–water partition coefficient (Wildman–Crippen LogP) is 5.59. The van der Waals surface area contributed by atoms with Gasteiger partial charge in [0.25, 0.3) is 5.91 Å². The Bertz CT molecular complexity index is 846. The normalized spacial score (nSPS) is 10.6. The molecule has 0 spiro atoms. The lowest BCUT2D eigenvalue weighted by atomic mass is 10.0. The van der Waals surface area contributed by atoms with E-state index in [1.54, 1.807) is 0 Å². The molecular weight excluding hydrogens is 302 g/mol. The van der Waals surface area contributed by atoms with Gasteiger partial charge in [0.2, 0.25) is 0 Å². The Balaban J connectivity index is 1.89. The summed E-state index contributed by atoms with van der Waals surface area (Å²) < 4.78 is 0. The van der Waals surface area contributed by atoms with Crippen LogP contribution in [-0.2, 0) is 0 Å². The molecule has 3 heteroatoms. The van der Waals surface area contributed by atoms with E-state index >= 15 is 0 Å². The number of hydrogen-bond acceptors (Lipinski definition) is 2. The summed E-state index contributed by atoms with van der Waals surface area (Å²) in [6.45, 7) is 6.12. The second-order valence-electron chi connectivity index (χ2n) is 5.80. The van der Waals surface area contributed by atoms with E-state index in [0.29, 0.717) is 0 Å². The molecule has 0 saturated carbocycles. The molecule has 0 aliphatic rings. The van der Waals surface area contributed by atoms with Crippen molar-refractivity contribution in [1.29, 1.82) is 0 Å². The highest BCUT2D eigenvalue weighted by Gasteiger charge is 2.15. The standard InChI is InChI=1S/C20H19NOS/c1-13-4-7-16(8-5-13)17-10-11-23-19(17)20(22)21-18-9-6-14(2)12-15(18)3/h4-12H,1-3H3,(H,21,22). The highest BCUT2D eigenvalue weighted by molar-refractivity contribution is 7.12. The molecule has 1 heterocycles. The number of amides is 1. The lowest BCUT2D eigenvalue weighted by molar-refractivity contribution is 0.103. The van der Waals surface area contributed by atoms with Crippen molar-refractivity contribution in [1.82, 2.24) is 0 Å². The Kier molecular flexibility index (Phi) is 4.30. The van der Waals surface area contributed by atoms with Crippen LogP contribution in [-0.4, -0.2) is 5.91 Å². The molecule has 0 unspecified atom stereocenters. The third-order valence-electron chi connectivity index (χ3n) is 3.86. The summed E-state index contributed by atoms with van der Waals surface area (Å²) in [6.07, 6.45) is 0. The fraction of sp³-hybridized carbons (Fsp3) is 0.150. The van der Waals surface area contributed by atoms with Gasteiger partial charge in [-0.3, -0.25) is 4.79 Å². The van der Waals surface area contributed by atoms with Gasteiger partial charge in [-0.2, -0.15) is 0 Å². The average Bonchev–Trinajstić information content (AvgIpc) is 3.00. The van der Waals surface area contributed by atoms with E-state index < -0.39 is 0 Å². The van der Waals surface area contributed by atoms with Crippen LogP contribution in [0.1, 0.15) is 26.4 Å². The monoisotopic (exact) mass is 321 g/mol. The first kappa shape index (κ1) is 15.5. The van der Waals surface area contributed by atoms with Crippen molar-refractivity contribution >= 4 is 22.9 Å². The van der Waals surface area contributed by atoms with E-state index in [2.05, 4.69) is 42.6 Å². The minimum atomic E-state index is -0.0532. The number of benzene rings is 2. The zero-order valence-corrected chi connectivity index (χ0v) is 14.3. The highest BCUT2D eigenvalue weighted by Crippen LogP contribution is 2.29. The molecule has 0 atom stereocenters. The Labute approximate surface area is 140 Å². The predicted molar refractivity (Wildman–Crippen MR) is 98.4 cm³/mol. The highest BCUT2D eigenvalue weighted by atomic mass is 32.1. The van der Waals surface area contributed by atoms with Crippen molar-refractivity contribution in [3.8, 4) is 11.1 Å². The summed E-state index contributed by atoms with van der Waals surface area (Å²) in [5.41, 5.74) is 6.40. The molecule has 3 rings (SSSR count). The van der Waals surface area contributed by atoms with Gasteiger partial charge >= 0.3 is 0 Å². The molecule has 23 heavy (non-hydrogen) atoms. The Hall–Kier alpha value is -2.39. The van der Waals surface area contributed by atoms with Gasteiger partial charge in [0.15, 0.2) is 0 Å². The van der Waals surface area contributed by atoms with Gasteiger partial charge in [-0.05, 0) is 49.4 Å². The number of thiophene rings is 1. The molecule has 116 valence electrons. The molecule has 3 aromatic rings. The quantitative estimate of drug-likeness (QED) is 0.669. The fourth-order valence-electron chi connectivity index (χ4n) is 2.58. The number of hydrogen-bond donors (Lipinski definition) is 1. The minimum Gasteiger partial charge on any atom is -0.321 e. The molecule has 1 N–H and O–H groups in total. The van der Waals surface area contributed by atoms with E-state index in [0.717, 1.165) is 27.3 Å². The third kappa shape index (κ3) is 3.35. The van der Waals surface area contributed by atoms with Crippen LogP contribution < -0.4 is 5.32 Å². The number of anilines is 1. The van der Waals surface area contributed by atoms with E-state index in [9.17, 15) is 4.79 Å². The summed E-state index contributed by atoms with van der Waals surface area (Å²) >= 11 is 1.47. The molecule has 0 saturated heterocycles. The van der Waals surface area contributed by atoms with Crippen molar-refractivity contribution in [3.63, 3.8) is 0 Å². The molecular formula is C20H19NOS. The molecule has 0 radical (unpaired) electrons. The van der Waals surface area contributed by atoms with E-state index in [-0.39, 0.29) is 5.91 Å². The van der Waals surface area contributed by atoms with Gasteiger partial charge in [-0.1, -0.05) is 47.5 Å². The van der Waals surface area contributed by atoms with Crippen LogP contribution in [0.4, 0.5) is 5.69 Å². The maximum Gasteiger partial charge on any atom is 0.266 e. The summed E-state index contributed by atoms with van der Waals surface area (Å²) in [7, 11) is 0. The van der Waals surface area contributed by atoms with Gasteiger partial charge in [0.1, 0.15) is 0 Å². The zero-order chi connectivity index (χ0) is 16.4. The van der Waals surface area contributed by atoms with Crippen LogP contribution in [0.5, 0.6) is 0 Å². The summed E-state index contributed by atoms with van der Waals surface area (Å²) in [5, 5.41) is 5.00. The Morgan fingerprint density at radius 2 is 1.61 bits per heavy atom. The lowest BCUT2D eigenvalue weighted by Gasteiger charge is -2.10. The van der Waals surface area contributed by atoms with Crippen LogP contribution in [0.25, 0.3) is 11.1 Å². The van der Waals surface area contributed by atoms with Gasteiger partial charge in [0, 0.05) is 11.3 Å². The zero-order valence-electron chi connectivity index (χ0n) is 13.5. The third-order valence-corrected chi connectivity index (χ3v) is 4.78. The number of carbonyl (C=O) groups is 1. The largest absolute Gasteiger partial charge is 0.321 e. The van der Waals surface area contributed by atoms with Gasteiger partial charge in [0.05, 0.1) is 4.88 Å². The molecule has 2 nitrogen and oxygen atoms in total. The summed E-state index contributed by atoms with van der Waals surface area (Å²) in [4.78, 5) is 13.4. The first-order valence-corrected chi connectivity index (χ1v) is 8.46. The lowest BCUT2D eigenvalue weighted by Crippen LogP contribution is -2.12. The van der Waals surface area contributed by atoms with Crippen molar-refractivity contribution < 1.29 is 4.79 Å². The molecule has 1 aromatic heterocycles. The number of carbonyl (C=O) groups excluding carboxylic acids is 1. The van der Waals surface area contributed by atoms with Crippen LogP contribution in [0.3, 0.4) is 0 Å². The molecule has 2 aromatic carbocycles. The van der Waals surface area contributed by atoms with Gasteiger partial charge in [-0.15, -0.1) is 11.3 Å². The molecule has 0 bridgehead atoms. The van der Waals surface area contributed by atoms with Gasteiger partial charge in [-0.25, -0.2) is 0 Å². The van der Waals surface area contributed by atoms with E-state index in [1.165, 1.54) is 22.5 Å². The van der Waals surface area contributed by atoms with E-state index in [4.69, 9.17) is 0 Å². The topological polar surface area (TPSA) is 29.1 Å². The molecule has 0 aliphatic heterocycles. The maximum atomic E-state index is 12.7. The van der Waals surface area contributed by atoms with E-state index in [1.807, 2.05) is 37.4 Å². The first-order chi connectivity index (χ1) is 11.0. The van der Waals surface area contributed by atoms with Crippen LogP contribution >= 0.6 is 11.3 Å². The van der Waals surface area contributed by atoms with Gasteiger partial charge < -0.3 is 5.32 Å². The average molecular weight is 321 g/mol. The fourth-order valence-corrected chi connectivity index (χ4v) is 3.39. The number of aryl methyl sites for hydroxylation is 3.